The standard InChI is InChI=1S/C24H29N3O3/c1-23(2)9-19(17(13-25)20(28)10-23)27-16-7-5-6-15(8-16)26-14-18-21(29)11-24(3,4)12-22(18)30/h5-8,14,17,19,27,29H,9-12H2,1-4H3. The van der Waals surface area contributed by atoms with Crippen LogP contribution in [0.1, 0.15) is 53.4 Å². The number of hydrogen-bond donors (Lipinski definition) is 2. The molecule has 158 valence electrons. The van der Waals surface area contributed by atoms with Gasteiger partial charge >= 0.3 is 0 Å². The zero-order valence-electron chi connectivity index (χ0n) is 18.0. The summed E-state index contributed by atoms with van der Waals surface area (Å²) in [6.07, 6.45) is 3.38. The average molecular weight is 408 g/mol. The highest BCUT2D eigenvalue weighted by atomic mass is 16.3. The monoisotopic (exact) mass is 407 g/mol. The van der Waals surface area contributed by atoms with Crippen LogP contribution in [0.2, 0.25) is 0 Å². The van der Waals surface area contributed by atoms with Crippen molar-refractivity contribution in [1.82, 2.24) is 0 Å². The first-order chi connectivity index (χ1) is 14.0. The van der Waals surface area contributed by atoms with E-state index in [4.69, 9.17) is 0 Å². The van der Waals surface area contributed by atoms with E-state index in [1.165, 1.54) is 6.21 Å². The fourth-order valence-electron chi connectivity index (χ4n) is 4.37. The minimum atomic E-state index is -0.671. The lowest BCUT2D eigenvalue weighted by molar-refractivity contribution is -0.126. The predicted octanol–water partition coefficient (Wildman–Crippen LogP) is 4.90. The second-order valence-corrected chi connectivity index (χ2v) is 9.98. The number of aliphatic hydroxyl groups excluding tert-OH is 1. The summed E-state index contributed by atoms with van der Waals surface area (Å²) in [4.78, 5) is 29.1. The Bertz CT molecular complexity index is 966. The average Bonchev–Trinajstić information content (AvgIpc) is 2.59. The van der Waals surface area contributed by atoms with Crippen LogP contribution >= 0.6 is 0 Å². The fraction of sp³-hybridized carbons (Fsp3) is 0.500. The van der Waals surface area contributed by atoms with Crippen LogP contribution in [0.15, 0.2) is 40.6 Å². The maximum Gasteiger partial charge on any atom is 0.168 e. The maximum absolute atomic E-state index is 12.3. The lowest BCUT2D eigenvalue weighted by atomic mass is 9.70. The molecule has 0 heterocycles. The van der Waals surface area contributed by atoms with Crippen LogP contribution in [0.4, 0.5) is 11.4 Å². The number of anilines is 1. The molecule has 0 aromatic heterocycles. The summed E-state index contributed by atoms with van der Waals surface area (Å²) in [6.45, 7) is 7.99. The van der Waals surface area contributed by atoms with Crippen molar-refractivity contribution in [2.75, 3.05) is 5.32 Å². The van der Waals surface area contributed by atoms with E-state index in [9.17, 15) is 20.0 Å². The molecule has 2 aliphatic rings. The molecule has 0 saturated heterocycles. The van der Waals surface area contributed by atoms with E-state index in [2.05, 4.69) is 16.4 Å². The topological polar surface area (TPSA) is 103 Å². The number of carbonyl (C=O) groups is 2. The first-order valence-electron chi connectivity index (χ1n) is 10.3. The predicted molar refractivity (Wildman–Crippen MR) is 117 cm³/mol. The molecule has 3 rings (SSSR count). The Labute approximate surface area is 177 Å². The second kappa shape index (κ2) is 8.06. The minimum absolute atomic E-state index is 0.0263. The fourth-order valence-corrected chi connectivity index (χ4v) is 4.37. The number of aliphatic imine (C=N–C) groups is 1. The Hall–Kier alpha value is -2.94. The van der Waals surface area contributed by atoms with Gasteiger partial charge in [0.15, 0.2) is 11.6 Å². The Kier molecular flexibility index (Phi) is 5.85. The molecule has 0 aliphatic heterocycles. The van der Waals surface area contributed by atoms with Gasteiger partial charge in [-0.15, -0.1) is 0 Å². The molecule has 2 unspecified atom stereocenters. The number of carbonyl (C=O) groups excluding carboxylic acids is 2. The molecule has 1 fully saturated rings. The largest absolute Gasteiger partial charge is 0.511 e. The number of nitrogens with zero attached hydrogens (tertiary/aromatic N) is 2. The Morgan fingerprint density at radius 1 is 1.17 bits per heavy atom. The molecule has 2 atom stereocenters. The normalized spacial score (nSPS) is 26.0. The summed E-state index contributed by atoms with van der Waals surface area (Å²) in [5, 5.41) is 23.0. The third-order valence-electron chi connectivity index (χ3n) is 5.75. The molecule has 6 heteroatoms. The molecule has 1 saturated carbocycles. The van der Waals surface area contributed by atoms with Crippen LogP contribution in [-0.2, 0) is 9.59 Å². The lowest BCUT2D eigenvalue weighted by Gasteiger charge is -2.37. The van der Waals surface area contributed by atoms with E-state index in [0.717, 1.165) is 12.1 Å². The third kappa shape index (κ3) is 4.96. The highest BCUT2D eigenvalue weighted by Gasteiger charge is 2.40. The van der Waals surface area contributed by atoms with Crippen molar-refractivity contribution in [1.29, 1.82) is 5.26 Å². The number of nitrogens with one attached hydrogen (secondary N) is 1. The summed E-state index contributed by atoms with van der Waals surface area (Å²) in [6, 6.07) is 9.19. The first-order valence-corrected chi connectivity index (χ1v) is 10.3. The van der Waals surface area contributed by atoms with Gasteiger partial charge in [-0.2, -0.15) is 5.26 Å². The van der Waals surface area contributed by atoms with Crippen molar-refractivity contribution in [2.24, 2.45) is 21.7 Å². The number of nitriles is 1. The van der Waals surface area contributed by atoms with Gasteiger partial charge in [0.1, 0.15) is 11.7 Å². The maximum atomic E-state index is 12.3. The van der Waals surface area contributed by atoms with Gasteiger partial charge < -0.3 is 10.4 Å². The molecular formula is C24H29N3O3. The molecule has 2 N–H and O–H groups in total. The molecule has 1 aromatic rings. The molecule has 30 heavy (non-hydrogen) atoms. The van der Waals surface area contributed by atoms with Crippen LogP contribution in [0.5, 0.6) is 0 Å². The minimum Gasteiger partial charge on any atom is -0.511 e. The van der Waals surface area contributed by atoms with Crippen LogP contribution in [0.25, 0.3) is 0 Å². The van der Waals surface area contributed by atoms with Crippen molar-refractivity contribution in [3.8, 4) is 6.07 Å². The molecule has 0 radical (unpaired) electrons. The molecule has 6 nitrogen and oxygen atoms in total. The molecule has 2 aliphatic carbocycles. The van der Waals surface area contributed by atoms with Gasteiger partial charge in [-0.25, -0.2) is 0 Å². The van der Waals surface area contributed by atoms with Crippen molar-refractivity contribution in [3.05, 3.63) is 35.6 Å². The van der Waals surface area contributed by atoms with E-state index < -0.39 is 5.92 Å². The zero-order valence-corrected chi connectivity index (χ0v) is 18.0. The van der Waals surface area contributed by atoms with E-state index in [1.807, 2.05) is 45.9 Å². The van der Waals surface area contributed by atoms with E-state index in [1.54, 1.807) is 6.07 Å². The number of aliphatic hydroxyl groups is 1. The van der Waals surface area contributed by atoms with Gasteiger partial charge in [0.05, 0.1) is 17.3 Å². The van der Waals surface area contributed by atoms with Crippen molar-refractivity contribution >= 4 is 29.2 Å². The summed E-state index contributed by atoms with van der Waals surface area (Å²) >= 11 is 0. The second-order valence-electron chi connectivity index (χ2n) is 9.98. The Balaban J connectivity index is 1.78. The Morgan fingerprint density at radius 3 is 2.57 bits per heavy atom. The van der Waals surface area contributed by atoms with Crippen LogP contribution in [0, 0.1) is 28.1 Å². The van der Waals surface area contributed by atoms with Gasteiger partial charge in [0.2, 0.25) is 0 Å². The lowest BCUT2D eigenvalue weighted by Crippen LogP contribution is -2.44. The van der Waals surface area contributed by atoms with Crippen LogP contribution in [0.3, 0.4) is 0 Å². The highest BCUT2D eigenvalue weighted by molar-refractivity contribution is 6.14. The number of rotatable bonds is 4. The molecular weight excluding hydrogens is 378 g/mol. The summed E-state index contributed by atoms with van der Waals surface area (Å²) in [5.74, 6) is -0.729. The summed E-state index contributed by atoms with van der Waals surface area (Å²) in [7, 11) is 0. The van der Waals surface area contributed by atoms with Gasteiger partial charge in [0.25, 0.3) is 0 Å². The van der Waals surface area contributed by atoms with Crippen LogP contribution in [-0.4, -0.2) is 28.9 Å². The summed E-state index contributed by atoms with van der Waals surface area (Å²) < 4.78 is 0. The Morgan fingerprint density at radius 2 is 1.90 bits per heavy atom. The highest BCUT2D eigenvalue weighted by Crippen LogP contribution is 2.38. The van der Waals surface area contributed by atoms with Crippen molar-refractivity contribution in [3.63, 3.8) is 0 Å². The van der Waals surface area contributed by atoms with Crippen LogP contribution < -0.4 is 5.32 Å². The number of hydrogen-bond acceptors (Lipinski definition) is 6. The number of Topliss-reactive ketones (excluding diaryl/α,β-unsaturated/α-hetero) is 2. The van der Waals surface area contributed by atoms with E-state index in [0.29, 0.717) is 24.9 Å². The number of allylic oxidation sites excluding steroid dienone is 2. The first kappa shape index (κ1) is 21.8. The molecule has 1 aromatic carbocycles. The third-order valence-corrected chi connectivity index (χ3v) is 5.75. The van der Waals surface area contributed by atoms with Gasteiger partial charge in [-0.05, 0) is 35.4 Å². The van der Waals surface area contributed by atoms with E-state index in [-0.39, 0.29) is 39.8 Å². The molecule has 0 spiro atoms. The number of benzene rings is 1. The number of ketones is 2. The van der Waals surface area contributed by atoms with Gasteiger partial charge in [-0.1, -0.05) is 33.8 Å². The SMILES string of the molecule is CC1(C)CC(=O)C(C=Nc2cccc(NC3CC(C)(C)CC(=O)C3C#N)c2)=C(O)C1. The quantitative estimate of drug-likeness (QED) is 0.691. The van der Waals surface area contributed by atoms with Gasteiger partial charge in [-0.3, -0.25) is 14.6 Å². The summed E-state index contributed by atoms with van der Waals surface area (Å²) in [5.41, 5.74) is 1.24. The van der Waals surface area contributed by atoms with Crippen molar-refractivity contribution in [2.45, 2.75) is 59.4 Å². The van der Waals surface area contributed by atoms with E-state index >= 15 is 0 Å². The zero-order chi connectivity index (χ0) is 22.1. The molecule has 0 amide bonds. The smallest absolute Gasteiger partial charge is 0.168 e. The van der Waals surface area contributed by atoms with Crippen molar-refractivity contribution < 1.29 is 14.7 Å². The van der Waals surface area contributed by atoms with Gasteiger partial charge in [0, 0.05) is 37.2 Å². The molecule has 0 bridgehead atoms.